The Kier molecular flexibility index (Phi) is 4.04. The smallest absolute Gasteiger partial charge is 0.222 e. The summed E-state index contributed by atoms with van der Waals surface area (Å²) in [6.45, 7) is 1.97. The van der Waals surface area contributed by atoms with Crippen molar-refractivity contribution in [3.8, 4) is 5.69 Å². The third-order valence-corrected chi connectivity index (χ3v) is 4.25. The number of hydrogen-bond acceptors (Lipinski definition) is 2. The minimum absolute atomic E-state index is 0. The fourth-order valence-corrected chi connectivity index (χ4v) is 3.13. The number of aromatic nitrogens is 1. The normalized spacial score (nSPS) is 12.2. The van der Waals surface area contributed by atoms with Gasteiger partial charge in [-0.1, -0.05) is 36.4 Å². The first-order chi connectivity index (χ1) is 11.2. The maximum Gasteiger partial charge on any atom is 0.222 e. The number of rotatable bonds is 1. The van der Waals surface area contributed by atoms with Crippen molar-refractivity contribution in [3.63, 3.8) is 0 Å². The summed E-state index contributed by atoms with van der Waals surface area (Å²) >= 11 is 0. The lowest BCUT2D eigenvalue weighted by molar-refractivity contribution is -0.602. The van der Waals surface area contributed by atoms with Gasteiger partial charge >= 0.3 is 0 Å². The van der Waals surface area contributed by atoms with Gasteiger partial charge < -0.3 is 12.4 Å². The number of fused-ring (bicyclic) bond motifs is 2. The minimum Gasteiger partial charge on any atom is -1.00 e. The number of ketones is 2. The number of benzene rings is 2. The molecule has 0 fully saturated rings. The Morgan fingerprint density at radius 2 is 1.33 bits per heavy atom. The SMILES string of the molecule is Cc1cccc[n+]1-c1cccc2c1C(=O)c1ccccc1C2=O.[Cl-]. The van der Waals surface area contributed by atoms with Gasteiger partial charge in [-0.25, -0.2) is 0 Å². The van der Waals surface area contributed by atoms with Gasteiger partial charge in [-0.05, 0) is 6.07 Å². The molecule has 1 aromatic heterocycles. The Balaban J connectivity index is 0.00000169. The monoisotopic (exact) mass is 335 g/mol. The molecule has 3 nitrogen and oxygen atoms in total. The van der Waals surface area contributed by atoms with Crippen molar-refractivity contribution in [3.05, 3.63) is 94.8 Å². The van der Waals surface area contributed by atoms with E-state index in [1.807, 2.05) is 48.0 Å². The molecule has 0 amide bonds. The number of nitrogens with zero attached hydrogens (tertiary/aromatic N) is 1. The average molecular weight is 336 g/mol. The van der Waals surface area contributed by atoms with Crippen LogP contribution >= 0.6 is 0 Å². The summed E-state index contributed by atoms with van der Waals surface area (Å²) < 4.78 is 1.94. The lowest BCUT2D eigenvalue weighted by Crippen LogP contribution is -3.00. The first-order valence-corrected chi connectivity index (χ1v) is 7.47. The summed E-state index contributed by atoms with van der Waals surface area (Å²) in [5.74, 6) is -0.187. The van der Waals surface area contributed by atoms with Crippen molar-refractivity contribution in [1.82, 2.24) is 0 Å². The first-order valence-electron chi connectivity index (χ1n) is 7.47. The molecule has 0 spiro atoms. The van der Waals surface area contributed by atoms with Crippen LogP contribution in [-0.4, -0.2) is 11.6 Å². The van der Waals surface area contributed by atoms with E-state index in [1.165, 1.54) is 0 Å². The van der Waals surface area contributed by atoms with Crippen LogP contribution in [0.2, 0.25) is 0 Å². The van der Waals surface area contributed by atoms with Crippen LogP contribution in [0.1, 0.15) is 37.5 Å². The predicted molar refractivity (Wildman–Crippen MR) is 86.0 cm³/mol. The van der Waals surface area contributed by atoms with Crippen LogP contribution in [0.15, 0.2) is 66.9 Å². The van der Waals surface area contributed by atoms with E-state index in [2.05, 4.69) is 0 Å². The van der Waals surface area contributed by atoms with Crippen molar-refractivity contribution in [2.75, 3.05) is 0 Å². The molecule has 3 aromatic rings. The first kappa shape index (κ1) is 16.1. The summed E-state index contributed by atoms with van der Waals surface area (Å²) in [4.78, 5) is 25.8. The number of pyridine rings is 1. The fourth-order valence-electron chi connectivity index (χ4n) is 3.13. The second-order valence-corrected chi connectivity index (χ2v) is 5.62. The molecule has 0 radical (unpaired) electrons. The van der Waals surface area contributed by atoms with E-state index in [0.29, 0.717) is 22.3 Å². The summed E-state index contributed by atoms with van der Waals surface area (Å²) in [5.41, 5.74) is 3.66. The zero-order valence-corrected chi connectivity index (χ0v) is 13.7. The molecule has 0 saturated heterocycles. The Morgan fingerprint density at radius 3 is 2.04 bits per heavy atom. The van der Waals surface area contributed by atoms with Crippen molar-refractivity contribution < 1.29 is 26.6 Å². The highest BCUT2D eigenvalue weighted by molar-refractivity contribution is 6.29. The number of carbonyl (C=O) groups excluding carboxylic acids is 2. The van der Waals surface area contributed by atoms with E-state index in [-0.39, 0.29) is 24.0 Å². The molecular weight excluding hydrogens is 322 g/mol. The largest absolute Gasteiger partial charge is 1.00 e. The van der Waals surface area contributed by atoms with Crippen molar-refractivity contribution in [2.45, 2.75) is 6.92 Å². The lowest BCUT2D eigenvalue weighted by Gasteiger charge is -2.17. The summed E-state index contributed by atoms with van der Waals surface area (Å²) in [6, 6.07) is 18.3. The van der Waals surface area contributed by atoms with E-state index in [1.54, 1.807) is 30.3 Å². The molecule has 0 bridgehead atoms. The number of aryl methyl sites for hydroxylation is 1. The van der Waals surface area contributed by atoms with Crippen LogP contribution < -0.4 is 17.0 Å². The summed E-state index contributed by atoms with van der Waals surface area (Å²) in [7, 11) is 0. The van der Waals surface area contributed by atoms with E-state index in [9.17, 15) is 9.59 Å². The van der Waals surface area contributed by atoms with E-state index in [4.69, 9.17) is 0 Å². The maximum atomic E-state index is 13.0. The molecule has 0 N–H and O–H groups in total. The van der Waals surface area contributed by atoms with Gasteiger partial charge in [-0.15, -0.1) is 0 Å². The van der Waals surface area contributed by atoms with Gasteiger partial charge in [0, 0.05) is 41.8 Å². The van der Waals surface area contributed by atoms with E-state index < -0.39 is 0 Å². The third kappa shape index (κ3) is 2.25. The van der Waals surface area contributed by atoms with Crippen molar-refractivity contribution in [2.24, 2.45) is 0 Å². The fraction of sp³-hybridized carbons (Fsp3) is 0.0500. The van der Waals surface area contributed by atoms with Gasteiger partial charge in [0.2, 0.25) is 11.5 Å². The average Bonchev–Trinajstić information content (AvgIpc) is 2.59. The molecule has 0 aliphatic heterocycles. The van der Waals surface area contributed by atoms with E-state index >= 15 is 0 Å². The number of halogens is 1. The van der Waals surface area contributed by atoms with Crippen LogP contribution in [0.25, 0.3) is 5.69 Å². The van der Waals surface area contributed by atoms with Gasteiger partial charge in [0.15, 0.2) is 17.7 Å². The molecule has 1 heterocycles. The Labute approximate surface area is 146 Å². The Hall–Kier alpha value is -2.78. The van der Waals surface area contributed by atoms with Crippen LogP contribution in [0.3, 0.4) is 0 Å². The molecule has 1 aliphatic carbocycles. The van der Waals surface area contributed by atoms with Gasteiger partial charge in [0.25, 0.3) is 0 Å². The zero-order chi connectivity index (χ0) is 16.0. The van der Waals surface area contributed by atoms with Gasteiger partial charge in [-0.3, -0.25) is 9.59 Å². The van der Waals surface area contributed by atoms with Crippen molar-refractivity contribution in [1.29, 1.82) is 0 Å². The highest BCUT2D eigenvalue weighted by Crippen LogP contribution is 2.29. The topological polar surface area (TPSA) is 38.0 Å². The predicted octanol–water partition coefficient (Wildman–Crippen LogP) is 0.0511. The number of carbonyl (C=O) groups is 2. The highest BCUT2D eigenvalue weighted by Gasteiger charge is 2.34. The lowest BCUT2D eigenvalue weighted by atomic mass is 9.83. The second-order valence-electron chi connectivity index (χ2n) is 5.62. The zero-order valence-electron chi connectivity index (χ0n) is 13.0. The molecular formula is C20H14ClNO2. The van der Waals surface area contributed by atoms with Gasteiger partial charge in [0.05, 0.1) is 0 Å². The molecule has 0 atom stereocenters. The highest BCUT2D eigenvalue weighted by atomic mass is 35.5. The molecule has 0 saturated carbocycles. The molecule has 0 unspecified atom stereocenters. The second kappa shape index (κ2) is 6.02. The maximum absolute atomic E-state index is 13.0. The minimum atomic E-state index is -0.0958. The molecule has 24 heavy (non-hydrogen) atoms. The van der Waals surface area contributed by atoms with Crippen LogP contribution in [-0.2, 0) is 0 Å². The van der Waals surface area contributed by atoms with Crippen LogP contribution in [0, 0.1) is 6.92 Å². The summed E-state index contributed by atoms with van der Waals surface area (Å²) in [6.07, 6.45) is 1.91. The third-order valence-electron chi connectivity index (χ3n) is 4.25. The molecule has 118 valence electrons. The Bertz CT molecular complexity index is 979. The summed E-state index contributed by atoms with van der Waals surface area (Å²) in [5, 5.41) is 0. The van der Waals surface area contributed by atoms with Gasteiger partial charge in [0.1, 0.15) is 5.56 Å². The molecule has 4 heteroatoms. The van der Waals surface area contributed by atoms with Gasteiger partial charge in [-0.2, -0.15) is 4.57 Å². The van der Waals surface area contributed by atoms with Crippen LogP contribution in [0.4, 0.5) is 0 Å². The molecule has 1 aliphatic rings. The number of hydrogen-bond donors (Lipinski definition) is 0. The van der Waals surface area contributed by atoms with E-state index in [0.717, 1.165) is 11.4 Å². The molecule has 2 aromatic carbocycles. The standard InChI is InChI=1S/C20H14NO2.ClH/c1-13-7-4-5-12-21(13)17-11-6-10-16-18(17)20(23)15-9-3-2-8-14(15)19(16)22;/h2-12H,1H3;1H/q+1;/p-1. The Morgan fingerprint density at radius 1 is 0.708 bits per heavy atom. The van der Waals surface area contributed by atoms with Crippen LogP contribution in [0.5, 0.6) is 0 Å². The molecule has 4 rings (SSSR count). The van der Waals surface area contributed by atoms with Crippen molar-refractivity contribution >= 4 is 11.6 Å². The quantitative estimate of drug-likeness (QED) is 0.461.